The van der Waals surface area contributed by atoms with Gasteiger partial charge in [-0.05, 0) is 31.2 Å². The largest absolute Gasteiger partial charge is 0.497 e. The Morgan fingerprint density at radius 3 is 2.73 bits per heavy atom. The van der Waals surface area contributed by atoms with E-state index in [0.29, 0.717) is 36.9 Å². The maximum atomic E-state index is 12.5. The van der Waals surface area contributed by atoms with Crippen LogP contribution in [0.3, 0.4) is 0 Å². The number of carbonyl (C=O) groups excluding carboxylic acids is 2. The summed E-state index contributed by atoms with van der Waals surface area (Å²) in [5, 5.41) is 5.98. The Bertz CT molecular complexity index is 791. The van der Waals surface area contributed by atoms with Crippen molar-refractivity contribution >= 4 is 34.3 Å². The molecule has 0 saturated carbocycles. The molecule has 0 unspecified atom stereocenters. The molecule has 0 fully saturated rings. The fourth-order valence-corrected chi connectivity index (χ4v) is 3.56. The molecule has 0 spiro atoms. The fraction of sp³-hybridized carbons (Fsp3) is 0.353. The van der Waals surface area contributed by atoms with E-state index in [4.69, 9.17) is 9.47 Å². The third-order valence-corrected chi connectivity index (χ3v) is 4.84. The predicted octanol–water partition coefficient (Wildman–Crippen LogP) is 3.31. The molecule has 2 N–H and O–H groups in total. The van der Waals surface area contributed by atoms with Crippen LogP contribution in [-0.2, 0) is 17.7 Å². The first kappa shape index (κ1) is 18.0. The number of anilines is 2. The van der Waals surface area contributed by atoms with Crippen LogP contribution in [0.2, 0.25) is 0 Å². The molecule has 0 bridgehead atoms. The molecular formula is C17H20N4O4S. The van der Waals surface area contributed by atoms with Gasteiger partial charge in [-0.25, -0.2) is 14.6 Å². The molecule has 8 nitrogen and oxygen atoms in total. The number of ether oxygens (including phenoxy) is 2. The standard InChI is InChI=1S/C17H20N4O4S/c1-3-25-17(23)20-15-19-13-8-9-21(10-14(13)26-15)16(22)18-11-4-6-12(24-2)7-5-11/h4-7H,3,8-10H2,1-2H3,(H,18,22)(H,19,20,23). The Hall–Kier alpha value is -2.81. The molecule has 1 aliphatic rings. The summed E-state index contributed by atoms with van der Waals surface area (Å²) >= 11 is 1.36. The summed E-state index contributed by atoms with van der Waals surface area (Å²) in [4.78, 5) is 31.1. The highest BCUT2D eigenvalue weighted by molar-refractivity contribution is 7.15. The maximum absolute atomic E-state index is 12.5. The van der Waals surface area contributed by atoms with Crippen LogP contribution in [0.5, 0.6) is 5.75 Å². The van der Waals surface area contributed by atoms with Gasteiger partial charge in [0.05, 0.1) is 26.0 Å². The molecule has 138 valence electrons. The number of nitrogens with zero attached hydrogens (tertiary/aromatic N) is 2. The summed E-state index contributed by atoms with van der Waals surface area (Å²) in [6.07, 6.45) is 0.125. The van der Waals surface area contributed by atoms with Crippen molar-refractivity contribution in [2.75, 3.05) is 30.9 Å². The zero-order chi connectivity index (χ0) is 18.5. The maximum Gasteiger partial charge on any atom is 0.413 e. The monoisotopic (exact) mass is 376 g/mol. The Balaban J connectivity index is 1.61. The average Bonchev–Trinajstić information content (AvgIpc) is 3.03. The Labute approximate surface area is 155 Å². The van der Waals surface area contributed by atoms with E-state index < -0.39 is 6.09 Å². The van der Waals surface area contributed by atoms with Crippen LogP contribution in [-0.4, -0.2) is 42.3 Å². The van der Waals surface area contributed by atoms with Crippen LogP contribution in [0, 0.1) is 0 Å². The molecular weight excluding hydrogens is 356 g/mol. The number of fused-ring (bicyclic) bond motifs is 1. The van der Waals surface area contributed by atoms with E-state index in [9.17, 15) is 9.59 Å². The molecule has 26 heavy (non-hydrogen) atoms. The number of carbonyl (C=O) groups is 2. The van der Waals surface area contributed by atoms with Crippen molar-refractivity contribution in [1.82, 2.24) is 9.88 Å². The molecule has 2 aromatic rings. The van der Waals surface area contributed by atoms with E-state index in [2.05, 4.69) is 15.6 Å². The van der Waals surface area contributed by atoms with Crippen molar-refractivity contribution in [1.29, 1.82) is 0 Å². The van der Waals surface area contributed by atoms with E-state index in [-0.39, 0.29) is 6.03 Å². The Morgan fingerprint density at radius 2 is 2.04 bits per heavy atom. The van der Waals surface area contributed by atoms with Gasteiger partial charge in [0.25, 0.3) is 0 Å². The second-order valence-electron chi connectivity index (χ2n) is 5.56. The van der Waals surface area contributed by atoms with E-state index in [1.807, 2.05) is 0 Å². The van der Waals surface area contributed by atoms with Crippen LogP contribution >= 0.6 is 11.3 Å². The summed E-state index contributed by atoms with van der Waals surface area (Å²) in [6, 6.07) is 7.00. The van der Waals surface area contributed by atoms with Crippen LogP contribution in [0.15, 0.2) is 24.3 Å². The number of aromatic nitrogens is 1. The van der Waals surface area contributed by atoms with Gasteiger partial charge in [0.2, 0.25) is 0 Å². The summed E-state index contributed by atoms with van der Waals surface area (Å²) in [5.41, 5.74) is 1.62. The van der Waals surface area contributed by atoms with Gasteiger partial charge in [0, 0.05) is 23.5 Å². The number of rotatable bonds is 4. The normalized spacial score (nSPS) is 12.9. The van der Waals surface area contributed by atoms with Gasteiger partial charge in [-0.2, -0.15) is 0 Å². The molecule has 2 heterocycles. The average molecular weight is 376 g/mol. The third kappa shape index (κ3) is 4.23. The smallest absolute Gasteiger partial charge is 0.413 e. The fourth-order valence-electron chi connectivity index (χ4n) is 2.55. The number of benzene rings is 1. The van der Waals surface area contributed by atoms with E-state index >= 15 is 0 Å². The summed E-state index contributed by atoms with van der Waals surface area (Å²) < 4.78 is 9.96. The van der Waals surface area contributed by atoms with Crippen molar-refractivity contribution in [2.45, 2.75) is 19.9 Å². The minimum Gasteiger partial charge on any atom is -0.497 e. The first-order valence-electron chi connectivity index (χ1n) is 8.21. The zero-order valence-corrected chi connectivity index (χ0v) is 15.4. The Morgan fingerprint density at radius 1 is 1.27 bits per heavy atom. The van der Waals surface area contributed by atoms with Gasteiger partial charge in [-0.3, -0.25) is 5.32 Å². The summed E-state index contributed by atoms with van der Waals surface area (Å²) in [5.74, 6) is 0.733. The molecule has 0 saturated heterocycles. The quantitative estimate of drug-likeness (QED) is 0.854. The van der Waals surface area contributed by atoms with Gasteiger partial charge in [-0.1, -0.05) is 11.3 Å². The number of hydrogen-bond acceptors (Lipinski definition) is 6. The predicted molar refractivity (Wildman–Crippen MR) is 98.9 cm³/mol. The summed E-state index contributed by atoms with van der Waals surface area (Å²) in [7, 11) is 1.60. The highest BCUT2D eigenvalue weighted by Crippen LogP contribution is 2.28. The van der Waals surface area contributed by atoms with Gasteiger partial charge >= 0.3 is 12.1 Å². The molecule has 3 rings (SSSR count). The number of thiazole rings is 1. The number of nitrogens with one attached hydrogen (secondary N) is 2. The second-order valence-corrected chi connectivity index (χ2v) is 6.65. The lowest BCUT2D eigenvalue weighted by Gasteiger charge is -2.26. The molecule has 0 atom stereocenters. The molecule has 0 aliphatic carbocycles. The van der Waals surface area contributed by atoms with Crippen LogP contribution in [0.1, 0.15) is 17.5 Å². The lowest BCUT2D eigenvalue weighted by molar-refractivity contribution is 0.168. The second kappa shape index (κ2) is 8.05. The lowest BCUT2D eigenvalue weighted by Crippen LogP contribution is -2.38. The van der Waals surface area contributed by atoms with Crippen molar-refractivity contribution in [3.8, 4) is 5.75 Å². The zero-order valence-electron chi connectivity index (χ0n) is 14.6. The van der Waals surface area contributed by atoms with Gasteiger partial charge < -0.3 is 19.7 Å². The molecule has 9 heteroatoms. The lowest BCUT2D eigenvalue weighted by atomic mass is 10.2. The van der Waals surface area contributed by atoms with Crippen molar-refractivity contribution in [2.24, 2.45) is 0 Å². The number of amides is 3. The van der Waals surface area contributed by atoms with Crippen LogP contribution < -0.4 is 15.4 Å². The van der Waals surface area contributed by atoms with E-state index in [0.717, 1.165) is 16.3 Å². The SMILES string of the molecule is CCOC(=O)Nc1nc2c(s1)CN(C(=O)Nc1ccc(OC)cc1)CC2. The van der Waals surface area contributed by atoms with Gasteiger partial charge in [-0.15, -0.1) is 0 Å². The number of methoxy groups -OCH3 is 1. The third-order valence-electron chi connectivity index (χ3n) is 3.84. The highest BCUT2D eigenvalue weighted by Gasteiger charge is 2.24. The van der Waals surface area contributed by atoms with Crippen molar-refractivity contribution in [3.63, 3.8) is 0 Å². The van der Waals surface area contributed by atoms with E-state index in [1.54, 1.807) is 43.2 Å². The highest BCUT2D eigenvalue weighted by atomic mass is 32.1. The first-order valence-corrected chi connectivity index (χ1v) is 9.03. The molecule has 0 radical (unpaired) electrons. The number of urea groups is 1. The van der Waals surface area contributed by atoms with Crippen molar-refractivity contribution in [3.05, 3.63) is 34.8 Å². The van der Waals surface area contributed by atoms with E-state index in [1.165, 1.54) is 11.3 Å². The molecule has 1 aromatic carbocycles. The first-order chi connectivity index (χ1) is 12.6. The van der Waals surface area contributed by atoms with Crippen LogP contribution in [0.4, 0.5) is 20.4 Å². The van der Waals surface area contributed by atoms with Gasteiger partial charge in [0.1, 0.15) is 5.75 Å². The number of hydrogen-bond donors (Lipinski definition) is 2. The molecule has 1 aliphatic heterocycles. The molecule has 1 aromatic heterocycles. The Kier molecular flexibility index (Phi) is 5.57. The van der Waals surface area contributed by atoms with Crippen LogP contribution in [0.25, 0.3) is 0 Å². The van der Waals surface area contributed by atoms with Crippen molar-refractivity contribution < 1.29 is 19.1 Å². The van der Waals surface area contributed by atoms with Gasteiger partial charge in [0.15, 0.2) is 5.13 Å². The topological polar surface area (TPSA) is 92.8 Å². The molecule has 3 amide bonds. The summed E-state index contributed by atoms with van der Waals surface area (Å²) in [6.45, 7) is 3.07. The minimum absolute atomic E-state index is 0.172. The minimum atomic E-state index is -0.521.